The Labute approximate surface area is 120 Å². The van der Waals surface area contributed by atoms with Crippen molar-refractivity contribution in [3.05, 3.63) is 35.4 Å². The minimum absolute atomic E-state index is 0.0706. The maximum absolute atomic E-state index is 12.0. The van der Waals surface area contributed by atoms with Crippen LogP contribution in [0.1, 0.15) is 60.7 Å². The van der Waals surface area contributed by atoms with Crippen LogP contribution in [0.2, 0.25) is 0 Å². The smallest absolute Gasteiger partial charge is 0.338 e. The van der Waals surface area contributed by atoms with Gasteiger partial charge in [0.1, 0.15) is 6.10 Å². The number of ether oxygens (including phenoxy) is 2. The second-order valence-electron chi connectivity index (χ2n) is 4.53. The fraction of sp³-hybridized carbons (Fsp3) is 0.500. The minimum atomic E-state index is -0.428. The highest BCUT2D eigenvalue weighted by Crippen LogP contribution is 2.13. The summed E-state index contributed by atoms with van der Waals surface area (Å²) in [5.41, 5.74) is 0.745. The molecule has 0 N–H and O–H groups in total. The molecule has 0 radical (unpaired) electrons. The maximum Gasteiger partial charge on any atom is 0.338 e. The summed E-state index contributed by atoms with van der Waals surface area (Å²) in [4.78, 5) is 23.7. The molecule has 20 heavy (non-hydrogen) atoms. The van der Waals surface area contributed by atoms with Gasteiger partial charge in [0, 0.05) is 0 Å². The first-order chi connectivity index (χ1) is 9.62. The van der Waals surface area contributed by atoms with Crippen molar-refractivity contribution in [3.63, 3.8) is 0 Å². The third-order valence-corrected chi connectivity index (χ3v) is 2.95. The van der Waals surface area contributed by atoms with Crippen LogP contribution in [0.5, 0.6) is 0 Å². The quantitative estimate of drug-likeness (QED) is 0.715. The fourth-order valence-electron chi connectivity index (χ4n) is 1.88. The van der Waals surface area contributed by atoms with Crippen molar-refractivity contribution in [1.29, 1.82) is 0 Å². The third-order valence-electron chi connectivity index (χ3n) is 2.95. The summed E-state index contributed by atoms with van der Waals surface area (Å²) in [6.07, 6.45) is 2.53. The van der Waals surface area contributed by atoms with E-state index in [4.69, 9.17) is 9.47 Å². The predicted octanol–water partition coefficient (Wildman–Crippen LogP) is 3.60. The van der Waals surface area contributed by atoms with Gasteiger partial charge in [0.15, 0.2) is 0 Å². The molecule has 1 rings (SSSR count). The third kappa shape index (κ3) is 4.68. The monoisotopic (exact) mass is 278 g/mol. The van der Waals surface area contributed by atoms with E-state index in [9.17, 15) is 9.59 Å². The summed E-state index contributed by atoms with van der Waals surface area (Å²) in [6, 6.07) is 6.43. The average molecular weight is 278 g/mol. The summed E-state index contributed by atoms with van der Waals surface area (Å²) in [7, 11) is 0. The van der Waals surface area contributed by atoms with E-state index in [2.05, 4.69) is 6.92 Å². The van der Waals surface area contributed by atoms with E-state index in [0.29, 0.717) is 17.7 Å². The first kappa shape index (κ1) is 16.2. The van der Waals surface area contributed by atoms with Crippen LogP contribution in [0.3, 0.4) is 0 Å². The van der Waals surface area contributed by atoms with E-state index in [-0.39, 0.29) is 6.10 Å². The first-order valence-electron chi connectivity index (χ1n) is 7.10. The van der Waals surface area contributed by atoms with Crippen molar-refractivity contribution in [2.75, 3.05) is 6.61 Å². The number of carbonyl (C=O) groups is 2. The van der Waals surface area contributed by atoms with Crippen molar-refractivity contribution in [3.8, 4) is 0 Å². The lowest BCUT2D eigenvalue weighted by atomic mass is 10.1. The van der Waals surface area contributed by atoms with Gasteiger partial charge in [-0.1, -0.05) is 26.3 Å². The van der Waals surface area contributed by atoms with Crippen LogP contribution >= 0.6 is 0 Å². The Morgan fingerprint density at radius 3 is 2.30 bits per heavy atom. The number of hydrogen-bond donors (Lipinski definition) is 0. The highest BCUT2D eigenvalue weighted by atomic mass is 16.5. The van der Waals surface area contributed by atoms with Gasteiger partial charge in [-0.2, -0.15) is 0 Å². The fourth-order valence-corrected chi connectivity index (χ4v) is 1.88. The van der Waals surface area contributed by atoms with Gasteiger partial charge in [-0.15, -0.1) is 0 Å². The number of rotatable bonds is 7. The van der Waals surface area contributed by atoms with Crippen LogP contribution < -0.4 is 0 Å². The van der Waals surface area contributed by atoms with E-state index >= 15 is 0 Å². The second kappa shape index (κ2) is 8.35. The summed E-state index contributed by atoms with van der Waals surface area (Å²) < 4.78 is 10.3. The van der Waals surface area contributed by atoms with Crippen LogP contribution in [-0.2, 0) is 9.47 Å². The Bertz CT molecular complexity index is 454. The van der Waals surface area contributed by atoms with Gasteiger partial charge < -0.3 is 9.47 Å². The molecule has 0 amide bonds. The molecule has 0 aromatic heterocycles. The molecule has 0 fully saturated rings. The molecule has 110 valence electrons. The predicted molar refractivity (Wildman–Crippen MR) is 76.8 cm³/mol. The van der Waals surface area contributed by atoms with Crippen LogP contribution in [0.15, 0.2) is 24.3 Å². The Morgan fingerprint density at radius 2 is 1.75 bits per heavy atom. The maximum atomic E-state index is 12.0. The summed E-state index contributed by atoms with van der Waals surface area (Å²) >= 11 is 0. The number of hydrogen-bond acceptors (Lipinski definition) is 4. The Hall–Kier alpha value is -1.84. The lowest BCUT2D eigenvalue weighted by Crippen LogP contribution is -2.17. The zero-order valence-corrected chi connectivity index (χ0v) is 12.3. The van der Waals surface area contributed by atoms with E-state index in [1.54, 1.807) is 25.1 Å². The minimum Gasteiger partial charge on any atom is -0.462 e. The van der Waals surface area contributed by atoms with E-state index in [1.807, 2.05) is 6.92 Å². The first-order valence-corrected chi connectivity index (χ1v) is 7.10. The zero-order valence-electron chi connectivity index (χ0n) is 12.3. The van der Waals surface area contributed by atoms with Crippen molar-refractivity contribution in [2.45, 2.75) is 46.1 Å². The molecule has 0 saturated heterocycles. The number of benzene rings is 1. The largest absolute Gasteiger partial charge is 0.462 e. The SMILES string of the molecule is CCCC(CC)OC(=O)c1cccc(C(=O)OCC)c1. The van der Waals surface area contributed by atoms with Crippen LogP contribution in [-0.4, -0.2) is 24.6 Å². The van der Waals surface area contributed by atoms with Crippen LogP contribution in [0.25, 0.3) is 0 Å². The molecule has 0 aliphatic carbocycles. The lowest BCUT2D eigenvalue weighted by molar-refractivity contribution is 0.0271. The van der Waals surface area contributed by atoms with Crippen molar-refractivity contribution in [1.82, 2.24) is 0 Å². The topological polar surface area (TPSA) is 52.6 Å². The molecule has 0 aliphatic rings. The molecule has 1 unspecified atom stereocenters. The Morgan fingerprint density at radius 1 is 1.10 bits per heavy atom. The molecule has 4 nitrogen and oxygen atoms in total. The van der Waals surface area contributed by atoms with Gasteiger partial charge in [0.25, 0.3) is 0 Å². The summed E-state index contributed by atoms with van der Waals surface area (Å²) in [6.45, 7) is 6.09. The Kier molecular flexibility index (Phi) is 6.77. The molecule has 0 aliphatic heterocycles. The van der Waals surface area contributed by atoms with E-state index < -0.39 is 11.9 Å². The molecule has 0 spiro atoms. The number of esters is 2. The molecular weight excluding hydrogens is 256 g/mol. The van der Waals surface area contributed by atoms with E-state index in [0.717, 1.165) is 19.3 Å². The zero-order chi connectivity index (χ0) is 15.0. The molecule has 0 heterocycles. The van der Waals surface area contributed by atoms with Crippen LogP contribution in [0, 0.1) is 0 Å². The Balaban J connectivity index is 2.78. The highest BCUT2D eigenvalue weighted by Gasteiger charge is 2.15. The van der Waals surface area contributed by atoms with E-state index in [1.165, 1.54) is 6.07 Å². The van der Waals surface area contributed by atoms with Gasteiger partial charge in [0.2, 0.25) is 0 Å². The molecule has 1 atom stereocenters. The normalized spacial score (nSPS) is 11.8. The van der Waals surface area contributed by atoms with Gasteiger partial charge >= 0.3 is 11.9 Å². The number of carbonyl (C=O) groups excluding carboxylic acids is 2. The average Bonchev–Trinajstić information content (AvgIpc) is 2.47. The molecule has 0 bridgehead atoms. The van der Waals surface area contributed by atoms with Gasteiger partial charge in [-0.05, 0) is 38.0 Å². The molecule has 0 saturated carbocycles. The van der Waals surface area contributed by atoms with Crippen LogP contribution in [0.4, 0.5) is 0 Å². The molecular formula is C16H22O4. The molecule has 1 aromatic rings. The van der Waals surface area contributed by atoms with Gasteiger partial charge in [-0.3, -0.25) is 0 Å². The van der Waals surface area contributed by atoms with Gasteiger partial charge in [0.05, 0.1) is 17.7 Å². The van der Waals surface area contributed by atoms with Gasteiger partial charge in [-0.25, -0.2) is 9.59 Å². The van der Waals surface area contributed by atoms with Crippen molar-refractivity contribution >= 4 is 11.9 Å². The molecule has 4 heteroatoms. The van der Waals surface area contributed by atoms with Crippen molar-refractivity contribution < 1.29 is 19.1 Å². The van der Waals surface area contributed by atoms with Crippen molar-refractivity contribution in [2.24, 2.45) is 0 Å². The second-order valence-corrected chi connectivity index (χ2v) is 4.53. The summed E-state index contributed by atoms with van der Waals surface area (Å²) in [5, 5.41) is 0. The lowest BCUT2D eigenvalue weighted by Gasteiger charge is -2.15. The standard InChI is InChI=1S/C16H22O4/c1-4-8-14(5-2)20-16(18)13-10-7-9-12(11-13)15(17)19-6-3/h7,9-11,14H,4-6,8H2,1-3H3. The highest BCUT2D eigenvalue weighted by molar-refractivity contribution is 5.95. The summed E-state index contributed by atoms with van der Waals surface area (Å²) in [5.74, 6) is -0.820. The molecule has 1 aromatic carbocycles.